The summed E-state index contributed by atoms with van der Waals surface area (Å²) in [7, 11) is -4.75. The van der Waals surface area contributed by atoms with Gasteiger partial charge in [0.05, 0.1) is 19.8 Å². The van der Waals surface area contributed by atoms with Gasteiger partial charge >= 0.3 is 25.7 Å². The minimum atomic E-state index is -4.75. The molecule has 0 saturated heterocycles. The highest BCUT2D eigenvalue weighted by Gasteiger charge is 2.28. The van der Waals surface area contributed by atoms with Crippen molar-refractivity contribution in [2.75, 3.05) is 26.4 Å². The molecule has 11 nitrogen and oxygen atoms in total. The van der Waals surface area contributed by atoms with Crippen LogP contribution < -0.4 is 0 Å². The summed E-state index contributed by atoms with van der Waals surface area (Å²) in [6.07, 6.45) is 57.2. The minimum absolute atomic E-state index is 0.135. The van der Waals surface area contributed by atoms with Gasteiger partial charge in [-0.1, -0.05) is 209 Å². The molecule has 404 valence electrons. The highest BCUT2D eigenvalue weighted by molar-refractivity contribution is 7.47. The molecule has 70 heavy (non-hydrogen) atoms. The lowest BCUT2D eigenvalue weighted by Crippen LogP contribution is -2.30. The smallest absolute Gasteiger partial charge is 0.462 e. The molecule has 3 atom stereocenters. The van der Waals surface area contributed by atoms with Crippen LogP contribution in [0.1, 0.15) is 239 Å². The molecule has 0 aliphatic carbocycles. The first kappa shape index (κ1) is 66.9. The summed E-state index contributed by atoms with van der Waals surface area (Å²) in [5.41, 5.74) is 0. The number of allylic oxidation sites excluding steroid dienone is 12. The molecule has 0 aromatic carbocycles. The van der Waals surface area contributed by atoms with E-state index in [4.69, 9.17) is 23.3 Å². The van der Waals surface area contributed by atoms with Gasteiger partial charge in [0.25, 0.3) is 0 Å². The molecule has 0 rings (SSSR count). The molecule has 0 aliphatic heterocycles. The highest BCUT2D eigenvalue weighted by atomic mass is 31.2. The first-order valence-electron chi connectivity index (χ1n) is 27.8. The summed E-state index contributed by atoms with van der Waals surface area (Å²) in [5, 5.41) is 9.79. The van der Waals surface area contributed by atoms with Crippen LogP contribution in [0.2, 0.25) is 0 Å². The first-order chi connectivity index (χ1) is 34.2. The molecule has 12 heteroatoms. The lowest BCUT2D eigenvalue weighted by molar-refractivity contribution is -0.161. The molecule has 0 bridgehead atoms. The molecule has 0 spiro atoms. The van der Waals surface area contributed by atoms with E-state index >= 15 is 0 Å². The van der Waals surface area contributed by atoms with Crippen molar-refractivity contribution in [2.24, 2.45) is 0 Å². The lowest BCUT2D eigenvalue weighted by Gasteiger charge is -2.21. The van der Waals surface area contributed by atoms with Crippen LogP contribution in [0.4, 0.5) is 0 Å². The van der Waals surface area contributed by atoms with Crippen molar-refractivity contribution in [1.29, 1.82) is 0 Å². The Labute approximate surface area is 427 Å². The maximum absolute atomic E-state index is 12.9. The number of aliphatic hydroxyl groups excluding tert-OH is 1. The van der Waals surface area contributed by atoms with E-state index in [-0.39, 0.29) is 25.9 Å². The number of esters is 3. The molecule has 0 aliphatic rings. The SMILES string of the molecule is CC/C=C\C/C=C\C/C=C\C/C=C\CCCCCCC(=O)OC(COC(=O)CCCCCCC/C=C\C/C=C\CCC)COP(=O)(O)OCC(CO)OC(=O)CCCCCCCCCCCCCCC. The maximum atomic E-state index is 12.9. The summed E-state index contributed by atoms with van der Waals surface area (Å²) in [6.45, 7) is 4.42. The number of phosphoric acid groups is 1. The number of ether oxygens (including phenoxy) is 3. The molecule has 0 amide bonds. The monoisotopic (exact) mass is 1000 g/mol. The van der Waals surface area contributed by atoms with Crippen LogP contribution in [0.3, 0.4) is 0 Å². The normalized spacial score (nSPS) is 14.0. The number of rotatable bonds is 51. The van der Waals surface area contributed by atoms with Crippen molar-refractivity contribution in [1.82, 2.24) is 0 Å². The summed E-state index contributed by atoms with van der Waals surface area (Å²) < 4.78 is 39.4. The van der Waals surface area contributed by atoms with Crippen LogP contribution >= 0.6 is 7.82 Å². The minimum Gasteiger partial charge on any atom is -0.462 e. The van der Waals surface area contributed by atoms with E-state index in [1.807, 2.05) is 0 Å². The van der Waals surface area contributed by atoms with Crippen LogP contribution in [0, 0.1) is 0 Å². The number of hydrogen-bond donors (Lipinski definition) is 2. The Kier molecular flexibility index (Phi) is 50.0. The third kappa shape index (κ3) is 49.9. The van der Waals surface area contributed by atoms with Crippen LogP contribution in [-0.2, 0) is 42.2 Å². The quantitative estimate of drug-likeness (QED) is 0.0197. The number of carbonyl (C=O) groups excluding carboxylic acids is 3. The molecule has 0 aromatic heterocycles. The summed E-state index contributed by atoms with van der Waals surface area (Å²) >= 11 is 0. The van der Waals surface area contributed by atoms with Crippen LogP contribution in [0.5, 0.6) is 0 Å². The standard InChI is InChI=1S/C58H101O11P/c1-4-7-10-13-16-19-22-25-26-27-28-31-34-37-40-43-46-49-58(62)69-55(51-65-56(60)47-44-41-38-35-32-29-23-20-17-14-11-8-5-2)53-67-70(63,64)66-52-54(50-59)68-57(61)48-45-42-39-36-33-30-24-21-18-15-12-9-6-3/h7,10-11,14,16,19-20,23,25-26,28,31,54-55,59H,4-6,8-9,12-13,15,17-18,21-22,24,27,29-30,32-53H2,1-3H3,(H,63,64)/b10-7-,14-11-,19-16-,23-20-,26-25-,31-28-. The maximum Gasteiger partial charge on any atom is 0.472 e. The van der Waals surface area contributed by atoms with E-state index in [2.05, 4.69) is 93.7 Å². The number of unbranched alkanes of at least 4 members (excludes halogenated alkanes) is 22. The average molecular weight is 1010 g/mol. The fourth-order valence-corrected chi connectivity index (χ4v) is 8.17. The van der Waals surface area contributed by atoms with Crippen molar-refractivity contribution in [3.8, 4) is 0 Å². The van der Waals surface area contributed by atoms with Crippen molar-refractivity contribution >= 4 is 25.7 Å². The topological polar surface area (TPSA) is 155 Å². The summed E-state index contributed by atoms with van der Waals surface area (Å²) in [5.74, 6) is -1.51. The van der Waals surface area contributed by atoms with Gasteiger partial charge in [0.15, 0.2) is 6.10 Å². The Hall–Kier alpha value is -3.08. The zero-order chi connectivity index (χ0) is 51.3. The lowest BCUT2D eigenvalue weighted by atomic mass is 10.0. The van der Waals surface area contributed by atoms with E-state index in [1.165, 1.54) is 64.2 Å². The van der Waals surface area contributed by atoms with Gasteiger partial charge in [0, 0.05) is 19.3 Å². The van der Waals surface area contributed by atoms with E-state index in [0.717, 1.165) is 116 Å². The number of aliphatic hydroxyl groups is 1. The Morgan fingerprint density at radius 3 is 1.20 bits per heavy atom. The number of phosphoric ester groups is 1. The molecule has 0 saturated carbocycles. The van der Waals surface area contributed by atoms with E-state index in [9.17, 15) is 28.9 Å². The Morgan fingerprint density at radius 1 is 0.414 bits per heavy atom. The van der Waals surface area contributed by atoms with E-state index in [0.29, 0.717) is 19.3 Å². The van der Waals surface area contributed by atoms with Gasteiger partial charge in [-0.15, -0.1) is 0 Å². The molecule has 0 radical (unpaired) electrons. The van der Waals surface area contributed by atoms with Gasteiger partial charge in [0.2, 0.25) is 0 Å². The molecule has 0 heterocycles. The molecule has 2 N–H and O–H groups in total. The molecule has 3 unspecified atom stereocenters. The summed E-state index contributed by atoms with van der Waals surface area (Å²) in [4.78, 5) is 48.4. The largest absolute Gasteiger partial charge is 0.472 e. The Balaban J connectivity index is 4.78. The van der Waals surface area contributed by atoms with E-state index < -0.39 is 57.8 Å². The summed E-state index contributed by atoms with van der Waals surface area (Å²) in [6, 6.07) is 0. The van der Waals surface area contributed by atoms with Crippen molar-refractivity contribution in [3.05, 3.63) is 72.9 Å². The van der Waals surface area contributed by atoms with Gasteiger partial charge in [-0.05, 0) is 83.5 Å². The molecular weight excluding hydrogens is 904 g/mol. The molecule has 0 fully saturated rings. The van der Waals surface area contributed by atoms with Crippen LogP contribution in [-0.4, -0.2) is 66.5 Å². The zero-order valence-electron chi connectivity index (χ0n) is 44.5. The van der Waals surface area contributed by atoms with E-state index in [1.54, 1.807) is 0 Å². The first-order valence-corrected chi connectivity index (χ1v) is 29.3. The van der Waals surface area contributed by atoms with Gasteiger partial charge in [-0.2, -0.15) is 0 Å². The highest BCUT2D eigenvalue weighted by Crippen LogP contribution is 2.43. The number of hydrogen-bond acceptors (Lipinski definition) is 10. The van der Waals surface area contributed by atoms with Crippen LogP contribution in [0.25, 0.3) is 0 Å². The Morgan fingerprint density at radius 2 is 0.771 bits per heavy atom. The second-order valence-electron chi connectivity index (χ2n) is 18.4. The Bertz CT molecular complexity index is 1450. The fraction of sp³-hybridized carbons (Fsp3) is 0.741. The van der Waals surface area contributed by atoms with Crippen LogP contribution in [0.15, 0.2) is 72.9 Å². The molecule has 0 aromatic rings. The fourth-order valence-electron chi connectivity index (χ4n) is 7.38. The third-order valence-electron chi connectivity index (χ3n) is 11.6. The van der Waals surface area contributed by atoms with Gasteiger partial charge < -0.3 is 24.2 Å². The second kappa shape index (κ2) is 52.2. The van der Waals surface area contributed by atoms with Crippen molar-refractivity contribution in [3.63, 3.8) is 0 Å². The van der Waals surface area contributed by atoms with Crippen molar-refractivity contribution < 1.29 is 52.2 Å². The van der Waals surface area contributed by atoms with Crippen molar-refractivity contribution in [2.45, 2.75) is 251 Å². The van der Waals surface area contributed by atoms with Gasteiger partial charge in [0.1, 0.15) is 12.7 Å². The zero-order valence-corrected chi connectivity index (χ0v) is 45.4. The predicted molar refractivity (Wildman–Crippen MR) is 288 cm³/mol. The predicted octanol–water partition coefficient (Wildman–Crippen LogP) is 16.1. The average Bonchev–Trinajstić information content (AvgIpc) is 3.35. The van der Waals surface area contributed by atoms with Gasteiger partial charge in [-0.25, -0.2) is 4.57 Å². The molecular formula is C58H101O11P. The van der Waals surface area contributed by atoms with Gasteiger partial charge in [-0.3, -0.25) is 23.4 Å². The second-order valence-corrected chi connectivity index (χ2v) is 19.8. The number of carbonyl (C=O) groups is 3. The third-order valence-corrected chi connectivity index (χ3v) is 12.5.